The highest BCUT2D eigenvalue weighted by Gasteiger charge is 2.58. The van der Waals surface area contributed by atoms with Crippen LogP contribution in [0.1, 0.15) is 12.0 Å². The number of amides is 2. The van der Waals surface area contributed by atoms with Crippen molar-refractivity contribution in [1.29, 1.82) is 0 Å². The van der Waals surface area contributed by atoms with Crippen LogP contribution in [0.25, 0.3) is 0 Å². The number of hydrogen-bond donors (Lipinski definition) is 1. The van der Waals surface area contributed by atoms with Crippen LogP contribution in [0.2, 0.25) is 5.02 Å². The maximum Gasteiger partial charge on any atom is 0.417 e. The van der Waals surface area contributed by atoms with Gasteiger partial charge in [0.25, 0.3) is 0 Å². The maximum atomic E-state index is 12.6. The number of carbonyl (C=O) groups is 2. The second kappa shape index (κ2) is 5.97. The highest BCUT2D eigenvalue weighted by Crippen LogP contribution is 2.52. The number of halogens is 4. The molecule has 0 spiro atoms. The number of nitrogens with one attached hydrogen (secondary N) is 1. The summed E-state index contributed by atoms with van der Waals surface area (Å²) in [6.07, 6.45) is 1.07. The van der Waals surface area contributed by atoms with E-state index in [2.05, 4.69) is 10.3 Å². The van der Waals surface area contributed by atoms with Gasteiger partial charge >= 0.3 is 6.18 Å². The molecule has 5 nitrogen and oxygen atoms in total. The van der Waals surface area contributed by atoms with E-state index in [1.807, 2.05) is 12.2 Å². The smallest absolute Gasteiger partial charge is 0.367 e. The number of rotatable bonds is 4. The molecule has 9 heteroatoms. The molecule has 1 saturated heterocycles. The largest absolute Gasteiger partial charge is 0.417 e. The van der Waals surface area contributed by atoms with Gasteiger partial charge in [-0.3, -0.25) is 14.5 Å². The fourth-order valence-corrected chi connectivity index (χ4v) is 4.43. The van der Waals surface area contributed by atoms with Crippen molar-refractivity contribution < 1.29 is 22.8 Å². The summed E-state index contributed by atoms with van der Waals surface area (Å²) in [6.45, 7) is 0.293. The molecule has 2 bridgehead atoms. The quantitative estimate of drug-likeness (QED) is 0.639. The van der Waals surface area contributed by atoms with E-state index < -0.39 is 11.7 Å². The third-order valence-corrected chi connectivity index (χ3v) is 5.65. The number of allylic oxidation sites excluding steroid dienone is 2. The number of aromatic nitrogens is 1. The van der Waals surface area contributed by atoms with Gasteiger partial charge in [0, 0.05) is 19.3 Å². The van der Waals surface area contributed by atoms with E-state index in [0.29, 0.717) is 6.20 Å². The fraction of sp³-hybridized carbons (Fsp3) is 0.471. The third kappa shape index (κ3) is 2.67. The Hall–Kier alpha value is -2.09. The van der Waals surface area contributed by atoms with Gasteiger partial charge < -0.3 is 5.32 Å². The number of nitrogens with zero attached hydrogens (tertiary/aromatic N) is 2. The van der Waals surface area contributed by atoms with E-state index in [9.17, 15) is 22.8 Å². The van der Waals surface area contributed by atoms with Crippen molar-refractivity contribution in [2.75, 3.05) is 18.4 Å². The molecule has 1 aromatic heterocycles. The molecule has 0 unspecified atom stereocenters. The first-order chi connectivity index (χ1) is 12.3. The van der Waals surface area contributed by atoms with E-state index >= 15 is 0 Å². The van der Waals surface area contributed by atoms with Gasteiger partial charge in [-0.15, -0.1) is 0 Å². The average molecular weight is 386 g/mol. The van der Waals surface area contributed by atoms with Crippen molar-refractivity contribution in [3.05, 3.63) is 35.0 Å². The molecule has 138 valence electrons. The number of carbonyl (C=O) groups excluding carboxylic acids is 2. The predicted octanol–water partition coefficient (Wildman–Crippen LogP) is 2.97. The van der Waals surface area contributed by atoms with Crippen LogP contribution in [-0.4, -0.2) is 34.8 Å². The summed E-state index contributed by atoms with van der Waals surface area (Å²) in [5.41, 5.74) is -0.936. The molecule has 0 radical (unpaired) electrons. The summed E-state index contributed by atoms with van der Waals surface area (Å²) < 4.78 is 37.9. The summed E-state index contributed by atoms with van der Waals surface area (Å²) in [5.74, 6) is -0.470. The molecule has 2 amide bonds. The second-order valence-corrected chi connectivity index (χ2v) is 7.21. The Bertz CT molecular complexity index is 781. The minimum absolute atomic E-state index is 0.0840. The molecule has 1 aliphatic heterocycles. The van der Waals surface area contributed by atoms with E-state index in [-0.39, 0.29) is 59.4 Å². The number of alkyl halides is 3. The number of hydrogen-bond acceptors (Lipinski definition) is 4. The molecule has 1 aromatic rings. The molecular formula is C17H15ClF3N3O2. The van der Waals surface area contributed by atoms with Crippen molar-refractivity contribution in [1.82, 2.24) is 9.88 Å². The van der Waals surface area contributed by atoms with E-state index in [1.54, 1.807) is 0 Å². The number of pyridine rings is 1. The van der Waals surface area contributed by atoms with Gasteiger partial charge in [-0.05, 0) is 24.3 Å². The zero-order valence-corrected chi connectivity index (χ0v) is 14.2. The topological polar surface area (TPSA) is 62.3 Å². The number of likely N-dealkylation sites (tertiary alicyclic amines) is 1. The number of imide groups is 1. The first-order valence-corrected chi connectivity index (χ1v) is 8.65. The SMILES string of the molecule is O=C1[C@H]2[C@H](C(=O)N1CCNc1ncc(C(F)(F)F)cc1Cl)[C@H]1C=C[C@H]2C1. The maximum absolute atomic E-state index is 12.6. The Balaban J connectivity index is 1.39. The average Bonchev–Trinajstić information content (AvgIpc) is 3.24. The summed E-state index contributed by atoms with van der Waals surface area (Å²) in [7, 11) is 0. The molecule has 1 saturated carbocycles. The van der Waals surface area contributed by atoms with Gasteiger partial charge in [-0.1, -0.05) is 23.8 Å². The Kier molecular flexibility index (Phi) is 3.98. The monoisotopic (exact) mass is 385 g/mol. The van der Waals surface area contributed by atoms with Crippen LogP contribution in [0.15, 0.2) is 24.4 Å². The summed E-state index contributed by atoms with van der Waals surface area (Å²) in [6, 6.07) is 0.788. The van der Waals surface area contributed by atoms with Crippen LogP contribution in [-0.2, 0) is 15.8 Å². The number of fused-ring (bicyclic) bond motifs is 5. The van der Waals surface area contributed by atoms with Crippen LogP contribution in [0.3, 0.4) is 0 Å². The van der Waals surface area contributed by atoms with E-state index in [4.69, 9.17) is 11.6 Å². The summed E-state index contributed by atoms with van der Waals surface area (Å²) in [5, 5.41) is 2.62. The second-order valence-electron chi connectivity index (χ2n) is 6.81. The van der Waals surface area contributed by atoms with Gasteiger partial charge in [0.1, 0.15) is 5.82 Å². The molecule has 3 aliphatic rings. The molecule has 1 N–H and O–H groups in total. The van der Waals surface area contributed by atoms with Crippen molar-refractivity contribution >= 4 is 29.2 Å². The first kappa shape index (κ1) is 17.3. The Morgan fingerprint density at radius 3 is 2.35 bits per heavy atom. The van der Waals surface area contributed by atoms with Crippen molar-refractivity contribution in [3.8, 4) is 0 Å². The zero-order valence-electron chi connectivity index (χ0n) is 13.5. The molecule has 2 heterocycles. The van der Waals surface area contributed by atoms with Gasteiger partial charge in [0.2, 0.25) is 11.8 Å². The fourth-order valence-electron chi connectivity index (χ4n) is 4.19. The van der Waals surface area contributed by atoms with E-state index in [1.165, 1.54) is 4.90 Å². The highest BCUT2D eigenvalue weighted by atomic mass is 35.5. The first-order valence-electron chi connectivity index (χ1n) is 8.27. The standard InChI is InChI=1S/C17H15ClF3N3O2/c18-11-6-10(17(19,20)21)7-23-14(11)22-3-4-24-15(25)12-8-1-2-9(5-8)13(12)16(24)26/h1-2,6-9,12-13H,3-5H2,(H,22,23)/t8-,9-,12+,13+/m0/s1. The summed E-state index contributed by atoms with van der Waals surface area (Å²) >= 11 is 5.83. The lowest BCUT2D eigenvalue weighted by atomic mass is 9.85. The predicted molar refractivity (Wildman–Crippen MR) is 87.2 cm³/mol. The minimum Gasteiger partial charge on any atom is -0.367 e. The lowest BCUT2D eigenvalue weighted by molar-refractivity contribution is -0.140. The Labute approximate surface area is 152 Å². The van der Waals surface area contributed by atoms with Crippen molar-refractivity contribution in [2.45, 2.75) is 12.6 Å². The molecule has 0 aromatic carbocycles. The highest BCUT2D eigenvalue weighted by molar-refractivity contribution is 6.33. The van der Waals surface area contributed by atoms with Gasteiger partial charge in [0.05, 0.1) is 22.4 Å². The molecule has 4 atom stereocenters. The Morgan fingerprint density at radius 1 is 1.19 bits per heavy atom. The van der Waals surface area contributed by atoms with E-state index in [0.717, 1.165) is 12.5 Å². The van der Waals surface area contributed by atoms with Crippen LogP contribution < -0.4 is 5.32 Å². The molecule has 4 rings (SSSR count). The van der Waals surface area contributed by atoms with Crippen LogP contribution in [0, 0.1) is 23.7 Å². The normalized spacial score (nSPS) is 29.6. The van der Waals surface area contributed by atoms with Crippen LogP contribution >= 0.6 is 11.6 Å². The number of anilines is 1. The van der Waals surface area contributed by atoms with Gasteiger partial charge in [-0.25, -0.2) is 4.98 Å². The van der Waals surface area contributed by atoms with Crippen LogP contribution in [0.5, 0.6) is 0 Å². The lowest BCUT2D eigenvalue weighted by Gasteiger charge is -2.18. The van der Waals surface area contributed by atoms with Gasteiger partial charge in [-0.2, -0.15) is 13.2 Å². The van der Waals surface area contributed by atoms with Crippen molar-refractivity contribution in [3.63, 3.8) is 0 Å². The van der Waals surface area contributed by atoms with Crippen LogP contribution in [0.4, 0.5) is 19.0 Å². The molecule has 2 aliphatic carbocycles. The lowest BCUT2D eigenvalue weighted by Crippen LogP contribution is -2.36. The zero-order chi connectivity index (χ0) is 18.6. The summed E-state index contributed by atoms with van der Waals surface area (Å²) in [4.78, 5) is 30.0. The minimum atomic E-state index is -4.52. The molecule has 26 heavy (non-hydrogen) atoms. The molecular weight excluding hydrogens is 371 g/mol. The van der Waals surface area contributed by atoms with Gasteiger partial charge in [0.15, 0.2) is 0 Å². The third-order valence-electron chi connectivity index (χ3n) is 5.36. The Morgan fingerprint density at radius 2 is 1.81 bits per heavy atom. The van der Waals surface area contributed by atoms with Crippen molar-refractivity contribution in [2.24, 2.45) is 23.7 Å². The molecule has 2 fully saturated rings.